The second kappa shape index (κ2) is 5.61. The van der Waals surface area contributed by atoms with E-state index in [1.807, 2.05) is 13.8 Å². The summed E-state index contributed by atoms with van der Waals surface area (Å²) >= 11 is 0. The van der Waals surface area contributed by atoms with E-state index in [4.69, 9.17) is 28.1 Å². The van der Waals surface area contributed by atoms with Crippen LogP contribution in [0.25, 0.3) is 0 Å². The topological polar surface area (TPSA) is 59.3 Å². The first-order valence-corrected chi connectivity index (χ1v) is 7.27. The van der Waals surface area contributed by atoms with Crippen molar-refractivity contribution < 1.29 is 28.1 Å². The first-order valence-electron chi connectivity index (χ1n) is 7.27. The number of hydrogen-bond donors (Lipinski definition) is 0. The molecule has 118 valence electrons. The summed E-state index contributed by atoms with van der Waals surface area (Å²) in [5.41, 5.74) is 0. The largest absolute Gasteiger partial charge is 0.493 e. The molecule has 1 aromatic rings. The van der Waals surface area contributed by atoms with Crippen LogP contribution in [-0.2, 0) is 25.6 Å². The van der Waals surface area contributed by atoms with Crippen molar-refractivity contribution in [2.75, 3.05) is 7.11 Å². The SMILES string of the molecule is CC[C@H]1O[C@@H]2OC(C)(C)O[C@@H]2[C@H]1OCc1occc1OC. The quantitative estimate of drug-likeness (QED) is 0.832. The minimum atomic E-state index is -0.641. The van der Waals surface area contributed by atoms with E-state index < -0.39 is 5.79 Å². The standard InChI is InChI=1S/C15H22O6/c1-5-9-12(13-14(19-9)21-15(2,3)20-13)18-8-11-10(16-4)6-7-17-11/h6-7,9,12-14H,5,8H2,1-4H3/t9-,12+,13-,14-/m1/s1. The molecule has 6 nitrogen and oxygen atoms in total. The summed E-state index contributed by atoms with van der Waals surface area (Å²) in [6.07, 6.45) is 1.61. The average molecular weight is 298 g/mol. The van der Waals surface area contributed by atoms with Gasteiger partial charge in [0.05, 0.1) is 19.5 Å². The molecule has 0 radical (unpaired) electrons. The van der Waals surface area contributed by atoms with Crippen molar-refractivity contribution in [3.63, 3.8) is 0 Å². The van der Waals surface area contributed by atoms with Gasteiger partial charge in [-0.2, -0.15) is 0 Å². The smallest absolute Gasteiger partial charge is 0.190 e. The zero-order valence-electron chi connectivity index (χ0n) is 12.8. The van der Waals surface area contributed by atoms with Crippen molar-refractivity contribution in [2.24, 2.45) is 0 Å². The fourth-order valence-electron chi connectivity index (χ4n) is 2.86. The number of hydrogen-bond acceptors (Lipinski definition) is 6. The highest BCUT2D eigenvalue weighted by molar-refractivity contribution is 5.23. The van der Waals surface area contributed by atoms with Gasteiger partial charge in [-0.15, -0.1) is 0 Å². The van der Waals surface area contributed by atoms with Crippen LogP contribution in [0.3, 0.4) is 0 Å². The van der Waals surface area contributed by atoms with Gasteiger partial charge in [0.2, 0.25) is 0 Å². The molecule has 0 bridgehead atoms. The fourth-order valence-corrected chi connectivity index (χ4v) is 2.86. The molecule has 0 amide bonds. The normalized spacial score (nSPS) is 34.1. The van der Waals surface area contributed by atoms with Crippen molar-refractivity contribution in [3.05, 3.63) is 18.1 Å². The van der Waals surface area contributed by atoms with Crippen LogP contribution in [0.2, 0.25) is 0 Å². The molecule has 2 aliphatic heterocycles. The number of methoxy groups -OCH3 is 1. The van der Waals surface area contributed by atoms with Gasteiger partial charge in [-0.1, -0.05) is 6.92 Å². The second-order valence-corrected chi connectivity index (χ2v) is 5.74. The Kier molecular flexibility index (Phi) is 3.96. The van der Waals surface area contributed by atoms with Crippen LogP contribution < -0.4 is 4.74 Å². The number of fused-ring (bicyclic) bond motifs is 1. The number of furan rings is 1. The van der Waals surface area contributed by atoms with E-state index >= 15 is 0 Å². The van der Waals surface area contributed by atoms with Crippen LogP contribution in [0.1, 0.15) is 33.0 Å². The van der Waals surface area contributed by atoms with Crippen molar-refractivity contribution in [1.82, 2.24) is 0 Å². The lowest BCUT2D eigenvalue weighted by molar-refractivity contribution is -0.219. The Morgan fingerprint density at radius 3 is 2.81 bits per heavy atom. The van der Waals surface area contributed by atoms with Gasteiger partial charge in [0.15, 0.2) is 23.6 Å². The van der Waals surface area contributed by atoms with Crippen LogP contribution in [0.5, 0.6) is 5.75 Å². The molecule has 21 heavy (non-hydrogen) atoms. The highest BCUT2D eigenvalue weighted by Crippen LogP contribution is 2.40. The third-order valence-corrected chi connectivity index (χ3v) is 3.82. The Labute approximate surface area is 124 Å². The van der Waals surface area contributed by atoms with Crippen molar-refractivity contribution >= 4 is 0 Å². The predicted molar refractivity (Wildman–Crippen MR) is 72.8 cm³/mol. The molecular formula is C15H22O6. The molecule has 0 saturated carbocycles. The van der Waals surface area contributed by atoms with E-state index in [1.165, 1.54) is 0 Å². The van der Waals surface area contributed by atoms with Gasteiger partial charge in [0.25, 0.3) is 0 Å². The molecule has 0 spiro atoms. The monoisotopic (exact) mass is 298 g/mol. The Bertz CT molecular complexity index is 482. The predicted octanol–water partition coefficient (Wildman–Crippen LogP) is 2.46. The summed E-state index contributed by atoms with van der Waals surface area (Å²) in [6, 6.07) is 1.77. The van der Waals surface area contributed by atoms with Crippen LogP contribution >= 0.6 is 0 Å². The van der Waals surface area contributed by atoms with E-state index in [2.05, 4.69) is 6.92 Å². The van der Waals surface area contributed by atoms with E-state index in [0.717, 1.165) is 6.42 Å². The average Bonchev–Trinajstić information content (AvgIpc) is 3.08. The summed E-state index contributed by atoms with van der Waals surface area (Å²) in [5, 5.41) is 0. The van der Waals surface area contributed by atoms with Gasteiger partial charge >= 0.3 is 0 Å². The first kappa shape index (κ1) is 14.8. The third-order valence-electron chi connectivity index (χ3n) is 3.82. The third kappa shape index (κ3) is 2.81. The van der Waals surface area contributed by atoms with Gasteiger partial charge < -0.3 is 28.1 Å². The van der Waals surface area contributed by atoms with E-state index in [9.17, 15) is 0 Å². The van der Waals surface area contributed by atoms with Crippen molar-refractivity contribution in [2.45, 2.75) is 64.2 Å². The van der Waals surface area contributed by atoms with Crippen LogP contribution in [-0.4, -0.2) is 37.5 Å². The van der Waals surface area contributed by atoms with Gasteiger partial charge in [0.1, 0.15) is 18.8 Å². The summed E-state index contributed by atoms with van der Waals surface area (Å²) in [7, 11) is 1.61. The molecule has 0 N–H and O–H groups in total. The highest BCUT2D eigenvalue weighted by atomic mass is 16.8. The van der Waals surface area contributed by atoms with Crippen molar-refractivity contribution in [3.8, 4) is 5.75 Å². The Morgan fingerprint density at radius 2 is 2.10 bits per heavy atom. The molecule has 0 unspecified atom stereocenters. The molecule has 3 rings (SSSR count). The van der Waals surface area contributed by atoms with Gasteiger partial charge in [-0.05, 0) is 20.3 Å². The Morgan fingerprint density at radius 1 is 1.29 bits per heavy atom. The zero-order chi connectivity index (χ0) is 15.0. The summed E-state index contributed by atoms with van der Waals surface area (Å²) < 4.78 is 34.1. The van der Waals surface area contributed by atoms with E-state index in [0.29, 0.717) is 18.1 Å². The number of ether oxygens (including phenoxy) is 5. The Balaban J connectivity index is 1.68. The highest BCUT2D eigenvalue weighted by Gasteiger charge is 2.54. The van der Waals surface area contributed by atoms with Crippen LogP contribution in [0.4, 0.5) is 0 Å². The minimum absolute atomic E-state index is 0.0444. The van der Waals surface area contributed by atoms with Crippen molar-refractivity contribution in [1.29, 1.82) is 0 Å². The summed E-state index contributed by atoms with van der Waals surface area (Å²) in [4.78, 5) is 0. The molecule has 2 saturated heterocycles. The lowest BCUT2D eigenvalue weighted by Crippen LogP contribution is -2.36. The lowest BCUT2D eigenvalue weighted by Gasteiger charge is -2.25. The minimum Gasteiger partial charge on any atom is -0.493 e. The Hall–Kier alpha value is -1.08. The van der Waals surface area contributed by atoms with E-state index in [-0.39, 0.29) is 24.6 Å². The second-order valence-electron chi connectivity index (χ2n) is 5.74. The molecule has 2 aliphatic rings. The van der Waals surface area contributed by atoms with Crippen LogP contribution in [0.15, 0.2) is 16.7 Å². The number of rotatable bonds is 5. The molecule has 1 aromatic heterocycles. The van der Waals surface area contributed by atoms with E-state index in [1.54, 1.807) is 19.4 Å². The van der Waals surface area contributed by atoms with Gasteiger partial charge in [-0.25, -0.2) is 0 Å². The molecule has 6 heteroatoms. The van der Waals surface area contributed by atoms with Gasteiger partial charge in [0, 0.05) is 6.07 Å². The molecule has 2 fully saturated rings. The van der Waals surface area contributed by atoms with Gasteiger partial charge in [-0.3, -0.25) is 0 Å². The molecule has 3 heterocycles. The van der Waals surface area contributed by atoms with Crippen LogP contribution in [0, 0.1) is 0 Å². The maximum Gasteiger partial charge on any atom is 0.190 e. The molecule has 0 aromatic carbocycles. The maximum atomic E-state index is 6.00. The maximum absolute atomic E-state index is 6.00. The molecule has 4 atom stereocenters. The first-order chi connectivity index (χ1) is 10.0. The molecule has 0 aliphatic carbocycles. The fraction of sp³-hybridized carbons (Fsp3) is 0.733. The zero-order valence-corrected chi connectivity index (χ0v) is 12.8. The molecular weight excluding hydrogens is 276 g/mol. The summed E-state index contributed by atoms with van der Waals surface area (Å²) in [6.45, 7) is 6.12. The summed E-state index contributed by atoms with van der Waals surface area (Å²) in [5.74, 6) is 0.703. The lowest BCUT2D eigenvalue weighted by atomic mass is 10.1.